The molecule has 0 amide bonds. The van der Waals surface area contributed by atoms with E-state index in [1.165, 1.54) is 12.1 Å². The minimum absolute atomic E-state index is 0.245. The van der Waals surface area contributed by atoms with E-state index in [4.69, 9.17) is 11.6 Å². The molecule has 3 nitrogen and oxygen atoms in total. The molecule has 1 aromatic carbocycles. The summed E-state index contributed by atoms with van der Waals surface area (Å²) in [6.45, 7) is 2.36. The van der Waals surface area contributed by atoms with Gasteiger partial charge in [-0.2, -0.15) is 0 Å². The molecule has 0 spiro atoms. The third-order valence-electron chi connectivity index (χ3n) is 2.52. The van der Waals surface area contributed by atoms with Gasteiger partial charge in [-0.1, -0.05) is 11.6 Å². The zero-order valence-corrected chi connectivity index (χ0v) is 10.4. The van der Waals surface area contributed by atoms with Gasteiger partial charge in [0.05, 0.1) is 12.7 Å². The van der Waals surface area contributed by atoms with Crippen molar-refractivity contribution in [2.75, 3.05) is 5.32 Å². The predicted octanol–water partition coefficient (Wildman–Crippen LogP) is 3.13. The fourth-order valence-corrected chi connectivity index (χ4v) is 1.75. The van der Waals surface area contributed by atoms with Crippen LogP contribution in [0, 0.1) is 12.7 Å². The van der Waals surface area contributed by atoms with Crippen LogP contribution < -0.4 is 5.32 Å². The maximum atomic E-state index is 13.2. The summed E-state index contributed by atoms with van der Waals surface area (Å²) in [6, 6.07) is 4.83. The number of anilines is 1. The van der Waals surface area contributed by atoms with E-state index in [2.05, 4.69) is 10.3 Å². The van der Waals surface area contributed by atoms with E-state index in [-0.39, 0.29) is 5.82 Å². The van der Waals surface area contributed by atoms with E-state index in [0.717, 1.165) is 17.1 Å². The Morgan fingerprint density at radius 1 is 1.41 bits per heavy atom. The first-order valence-corrected chi connectivity index (χ1v) is 5.61. The van der Waals surface area contributed by atoms with Crippen molar-refractivity contribution in [3.05, 3.63) is 46.8 Å². The SMILES string of the molecule is Cc1cc(F)cc(NCc2ncc(Cl)n2C)c1. The number of nitrogens with zero attached hydrogens (tertiary/aromatic N) is 2. The lowest BCUT2D eigenvalue weighted by atomic mass is 10.2. The average molecular weight is 254 g/mol. The number of aryl methyl sites for hydroxylation is 1. The molecular formula is C12H13ClFN3. The molecule has 90 valence electrons. The standard InChI is InChI=1S/C12H13ClFN3/c1-8-3-9(14)5-10(4-8)15-7-12-16-6-11(13)17(12)2/h3-6,15H,7H2,1-2H3. The van der Waals surface area contributed by atoms with E-state index in [1.54, 1.807) is 10.8 Å². The van der Waals surface area contributed by atoms with Gasteiger partial charge in [-0.05, 0) is 30.7 Å². The van der Waals surface area contributed by atoms with Crippen LogP contribution in [0.5, 0.6) is 0 Å². The lowest BCUT2D eigenvalue weighted by Crippen LogP contribution is -2.06. The highest BCUT2D eigenvalue weighted by molar-refractivity contribution is 6.29. The molecule has 1 N–H and O–H groups in total. The van der Waals surface area contributed by atoms with Gasteiger partial charge in [0.1, 0.15) is 16.8 Å². The fourth-order valence-electron chi connectivity index (χ4n) is 1.61. The molecule has 0 aliphatic rings. The van der Waals surface area contributed by atoms with Crippen LogP contribution in [0.1, 0.15) is 11.4 Å². The molecule has 0 saturated carbocycles. The summed E-state index contributed by atoms with van der Waals surface area (Å²) in [5.74, 6) is 0.558. The molecule has 0 aliphatic carbocycles. The molecular weight excluding hydrogens is 241 g/mol. The van der Waals surface area contributed by atoms with Gasteiger partial charge in [-0.25, -0.2) is 9.37 Å². The smallest absolute Gasteiger partial charge is 0.128 e. The van der Waals surface area contributed by atoms with Gasteiger partial charge < -0.3 is 9.88 Å². The van der Waals surface area contributed by atoms with Crippen molar-refractivity contribution >= 4 is 17.3 Å². The Bertz CT molecular complexity index is 516. The molecule has 1 heterocycles. The van der Waals surface area contributed by atoms with E-state index < -0.39 is 0 Å². The zero-order chi connectivity index (χ0) is 12.4. The van der Waals surface area contributed by atoms with Gasteiger partial charge >= 0.3 is 0 Å². The van der Waals surface area contributed by atoms with Crippen molar-refractivity contribution in [1.29, 1.82) is 0 Å². The van der Waals surface area contributed by atoms with Crippen molar-refractivity contribution < 1.29 is 4.39 Å². The fraction of sp³-hybridized carbons (Fsp3) is 0.250. The largest absolute Gasteiger partial charge is 0.378 e. The summed E-state index contributed by atoms with van der Waals surface area (Å²) in [5, 5.41) is 3.70. The molecule has 2 rings (SSSR count). The van der Waals surface area contributed by atoms with Crippen LogP contribution in [0.4, 0.5) is 10.1 Å². The first kappa shape index (κ1) is 11.9. The van der Waals surface area contributed by atoms with Gasteiger partial charge in [0.2, 0.25) is 0 Å². The predicted molar refractivity (Wildman–Crippen MR) is 66.7 cm³/mol. The van der Waals surface area contributed by atoms with E-state index in [1.807, 2.05) is 20.0 Å². The molecule has 0 radical (unpaired) electrons. The Kier molecular flexibility index (Phi) is 3.33. The minimum Gasteiger partial charge on any atom is -0.378 e. The van der Waals surface area contributed by atoms with Crippen molar-refractivity contribution in [2.45, 2.75) is 13.5 Å². The maximum Gasteiger partial charge on any atom is 0.128 e. The van der Waals surface area contributed by atoms with Crippen LogP contribution in [0.3, 0.4) is 0 Å². The molecule has 0 unspecified atom stereocenters. The number of aromatic nitrogens is 2. The van der Waals surface area contributed by atoms with Crippen LogP contribution in [0.25, 0.3) is 0 Å². The van der Waals surface area contributed by atoms with Crippen LogP contribution in [-0.2, 0) is 13.6 Å². The Hall–Kier alpha value is -1.55. The quantitative estimate of drug-likeness (QED) is 0.911. The minimum atomic E-state index is -0.245. The highest BCUT2D eigenvalue weighted by atomic mass is 35.5. The summed E-state index contributed by atoms with van der Waals surface area (Å²) in [7, 11) is 1.84. The first-order valence-electron chi connectivity index (χ1n) is 5.23. The molecule has 0 atom stereocenters. The second-order valence-corrected chi connectivity index (χ2v) is 4.31. The molecule has 0 saturated heterocycles. The zero-order valence-electron chi connectivity index (χ0n) is 9.67. The third kappa shape index (κ3) is 2.77. The lowest BCUT2D eigenvalue weighted by molar-refractivity contribution is 0.627. The molecule has 0 fully saturated rings. The highest BCUT2D eigenvalue weighted by Gasteiger charge is 2.04. The molecule has 2 aromatic rings. The van der Waals surface area contributed by atoms with E-state index in [0.29, 0.717) is 11.7 Å². The normalized spacial score (nSPS) is 10.6. The second kappa shape index (κ2) is 4.75. The van der Waals surface area contributed by atoms with Crippen molar-refractivity contribution in [2.24, 2.45) is 7.05 Å². The van der Waals surface area contributed by atoms with Crippen LogP contribution in [-0.4, -0.2) is 9.55 Å². The van der Waals surface area contributed by atoms with Crippen LogP contribution in [0.2, 0.25) is 5.15 Å². The van der Waals surface area contributed by atoms with Gasteiger partial charge in [0.25, 0.3) is 0 Å². The van der Waals surface area contributed by atoms with Gasteiger partial charge in [0.15, 0.2) is 0 Å². The first-order chi connectivity index (χ1) is 8.06. The Labute approximate surface area is 104 Å². The highest BCUT2D eigenvalue weighted by Crippen LogP contribution is 2.15. The Balaban J connectivity index is 2.09. The second-order valence-electron chi connectivity index (χ2n) is 3.93. The Morgan fingerprint density at radius 2 is 2.18 bits per heavy atom. The molecule has 17 heavy (non-hydrogen) atoms. The molecule has 5 heteroatoms. The monoisotopic (exact) mass is 253 g/mol. The number of benzene rings is 1. The summed E-state index contributed by atoms with van der Waals surface area (Å²) < 4.78 is 14.9. The topological polar surface area (TPSA) is 29.9 Å². The summed E-state index contributed by atoms with van der Waals surface area (Å²) in [4.78, 5) is 4.15. The molecule has 0 aliphatic heterocycles. The number of hydrogen-bond donors (Lipinski definition) is 1. The number of halogens is 2. The van der Waals surface area contributed by atoms with Crippen molar-refractivity contribution in [3.8, 4) is 0 Å². The third-order valence-corrected chi connectivity index (χ3v) is 2.87. The van der Waals surface area contributed by atoms with Crippen molar-refractivity contribution in [1.82, 2.24) is 9.55 Å². The summed E-state index contributed by atoms with van der Waals surface area (Å²) >= 11 is 5.87. The number of rotatable bonds is 3. The number of hydrogen-bond acceptors (Lipinski definition) is 2. The molecule has 1 aromatic heterocycles. The van der Waals surface area contributed by atoms with Crippen LogP contribution in [0.15, 0.2) is 24.4 Å². The van der Waals surface area contributed by atoms with Gasteiger partial charge in [-0.3, -0.25) is 0 Å². The summed E-state index contributed by atoms with van der Waals surface area (Å²) in [6.07, 6.45) is 1.59. The van der Waals surface area contributed by atoms with Crippen molar-refractivity contribution in [3.63, 3.8) is 0 Å². The van der Waals surface area contributed by atoms with Gasteiger partial charge in [0, 0.05) is 12.7 Å². The summed E-state index contributed by atoms with van der Waals surface area (Å²) in [5.41, 5.74) is 1.62. The lowest BCUT2D eigenvalue weighted by Gasteiger charge is -2.07. The Morgan fingerprint density at radius 3 is 2.76 bits per heavy atom. The molecule has 0 bridgehead atoms. The van der Waals surface area contributed by atoms with Gasteiger partial charge in [-0.15, -0.1) is 0 Å². The van der Waals surface area contributed by atoms with Crippen LogP contribution >= 0.6 is 11.6 Å². The average Bonchev–Trinajstić information content (AvgIpc) is 2.56. The maximum absolute atomic E-state index is 13.2. The number of nitrogens with one attached hydrogen (secondary N) is 1. The van der Waals surface area contributed by atoms with E-state index in [9.17, 15) is 4.39 Å². The number of imidazole rings is 1. The van der Waals surface area contributed by atoms with E-state index >= 15 is 0 Å².